The van der Waals surface area contributed by atoms with Crippen LogP contribution in [0.3, 0.4) is 0 Å². The fourth-order valence-corrected chi connectivity index (χ4v) is 3.14. The summed E-state index contributed by atoms with van der Waals surface area (Å²) in [6.07, 6.45) is 1.48. The minimum absolute atomic E-state index is 0.161. The average molecular weight is 386 g/mol. The Morgan fingerprint density at radius 3 is 2.79 bits per heavy atom. The van der Waals surface area contributed by atoms with Crippen LogP contribution in [-0.2, 0) is 4.74 Å². The van der Waals surface area contributed by atoms with Gasteiger partial charge in [-0.3, -0.25) is 4.90 Å². The standard InChI is InChI=1S/C19H26N6O3/c1-2-28-19(27)14-4-3-5-15(12-14)23-17-16(20)18(22-13-21-17)25-8-6-24(7-9-25)10-11-26/h3-5,12-13,26H,2,6-11,20H2,1H3,(H,21,22,23). The Morgan fingerprint density at radius 2 is 2.07 bits per heavy atom. The first-order chi connectivity index (χ1) is 13.6. The third-order valence-corrected chi connectivity index (χ3v) is 4.59. The second kappa shape index (κ2) is 9.34. The molecule has 2 heterocycles. The molecule has 0 unspecified atom stereocenters. The fraction of sp³-hybridized carbons (Fsp3) is 0.421. The molecule has 0 aliphatic carbocycles. The monoisotopic (exact) mass is 386 g/mol. The van der Waals surface area contributed by atoms with E-state index >= 15 is 0 Å². The number of nitrogens with one attached hydrogen (secondary N) is 1. The van der Waals surface area contributed by atoms with E-state index in [-0.39, 0.29) is 12.6 Å². The molecule has 28 heavy (non-hydrogen) atoms. The number of hydrogen-bond acceptors (Lipinski definition) is 9. The number of aliphatic hydroxyl groups excluding tert-OH is 1. The maximum Gasteiger partial charge on any atom is 0.338 e. The van der Waals surface area contributed by atoms with Gasteiger partial charge in [0.1, 0.15) is 12.0 Å². The van der Waals surface area contributed by atoms with Crippen LogP contribution in [0.25, 0.3) is 0 Å². The van der Waals surface area contributed by atoms with E-state index in [9.17, 15) is 4.79 Å². The molecular formula is C19H26N6O3. The number of ether oxygens (including phenoxy) is 1. The van der Waals surface area contributed by atoms with E-state index in [0.717, 1.165) is 26.2 Å². The molecule has 2 aromatic rings. The van der Waals surface area contributed by atoms with Crippen LogP contribution in [0.15, 0.2) is 30.6 Å². The Labute approximate surface area is 164 Å². The predicted octanol–water partition coefficient (Wildman–Crippen LogP) is 1.09. The molecule has 1 fully saturated rings. The number of carbonyl (C=O) groups is 1. The number of carbonyl (C=O) groups excluding carboxylic acids is 1. The first-order valence-corrected chi connectivity index (χ1v) is 9.35. The van der Waals surface area contributed by atoms with Crippen molar-refractivity contribution in [3.05, 3.63) is 36.2 Å². The van der Waals surface area contributed by atoms with Gasteiger partial charge in [-0.1, -0.05) is 6.07 Å². The van der Waals surface area contributed by atoms with Gasteiger partial charge in [0, 0.05) is 38.4 Å². The summed E-state index contributed by atoms with van der Waals surface area (Å²) in [5, 5.41) is 12.2. The highest BCUT2D eigenvalue weighted by Crippen LogP contribution is 2.29. The van der Waals surface area contributed by atoms with Gasteiger partial charge in [0.25, 0.3) is 0 Å². The second-order valence-electron chi connectivity index (χ2n) is 6.44. The molecule has 4 N–H and O–H groups in total. The van der Waals surface area contributed by atoms with Crippen molar-refractivity contribution in [2.24, 2.45) is 0 Å². The van der Waals surface area contributed by atoms with Crippen molar-refractivity contribution in [3.63, 3.8) is 0 Å². The Bertz CT molecular complexity index is 808. The largest absolute Gasteiger partial charge is 0.462 e. The van der Waals surface area contributed by atoms with Gasteiger partial charge < -0.3 is 25.8 Å². The van der Waals surface area contributed by atoms with Crippen LogP contribution < -0.4 is 16.0 Å². The lowest BCUT2D eigenvalue weighted by atomic mass is 10.2. The first kappa shape index (κ1) is 19.8. The van der Waals surface area contributed by atoms with Crippen LogP contribution in [0.4, 0.5) is 23.0 Å². The van der Waals surface area contributed by atoms with Crippen molar-refractivity contribution in [2.45, 2.75) is 6.92 Å². The Balaban J connectivity index is 1.73. The van der Waals surface area contributed by atoms with E-state index in [1.165, 1.54) is 6.33 Å². The van der Waals surface area contributed by atoms with Crippen molar-refractivity contribution in [3.8, 4) is 0 Å². The van der Waals surface area contributed by atoms with Gasteiger partial charge in [-0.25, -0.2) is 14.8 Å². The van der Waals surface area contributed by atoms with Gasteiger partial charge in [-0.15, -0.1) is 0 Å². The van der Waals surface area contributed by atoms with Crippen molar-refractivity contribution in [1.82, 2.24) is 14.9 Å². The number of aliphatic hydroxyl groups is 1. The van der Waals surface area contributed by atoms with Crippen LogP contribution in [0, 0.1) is 0 Å². The zero-order valence-electron chi connectivity index (χ0n) is 16.0. The topological polar surface area (TPSA) is 117 Å². The number of nitrogens with zero attached hydrogens (tertiary/aromatic N) is 4. The highest BCUT2D eigenvalue weighted by atomic mass is 16.5. The van der Waals surface area contributed by atoms with E-state index < -0.39 is 0 Å². The minimum Gasteiger partial charge on any atom is -0.462 e. The van der Waals surface area contributed by atoms with Gasteiger partial charge in [0.05, 0.1) is 18.8 Å². The first-order valence-electron chi connectivity index (χ1n) is 9.35. The summed E-state index contributed by atoms with van der Waals surface area (Å²) in [6.45, 7) is 6.17. The molecule has 0 atom stereocenters. The van der Waals surface area contributed by atoms with Gasteiger partial charge in [0.15, 0.2) is 11.6 Å². The summed E-state index contributed by atoms with van der Waals surface area (Å²) in [5.41, 5.74) is 7.93. The molecule has 150 valence electrons. The van der Waals surface area contributed by atoms with Crippen LogP contribution in [-0.4, -0.2) is 71.9 Å². The number of benzene rings is 1. The molecule has 0 radical (unpaired) electrons. The van der Waals surface area contributed by atoms with E-state index in [0.29, 0.717) is 41.7 Å². The zero-order chi connectivity index (χ0) is 19.9. The molecule has 0 amide bonds. The molecule has 0 saturated carbocycles. The molecule has 3 rings (SSSR count). The molecule has 1 aliphatic heterocycles. The van der Waals surface area contributed by atoms with E-state index in [1.807, 2.05) is 6.07 Å². The number of rotatable bonds is 7. The van der Waals surface area contributed by atoms with Crippen molar-refractivity contribution >= 4 is 29.0 Å². The lowest BCUT2D eigenvalue weighted by Gasteiger charge is -2.35. The van der Waals surface area contributed by atoms with Gasteiger partial charge >= 0.3 is 5.97 Å². The zero-order valence-corrected chi connectivity index (χ0v) is 16.0. The lowest BCUT2D eigenvalue weighted by Crippen LogP contribution is -2.47. The van der Waals surface area contributed by atoms with Crippen molar-refractivity contribution in [2.75, 3.05) is 61.9 Å². The van der Waals surface area contributed by atoms with Gasteiger partial charge in [0.2, 0.25) is 0 Å². The predicted molar refractivity (Wildman–Crippen MR) is 108 cm³/mol. The summed E-state index contributed by atoms with van der Waals surface area (Å²) >= 11 is 0. The number of nitrogens with two attached hydrogens (primary N) is 1. The van der Waals surface area contributed by atoms with Crippen LogP contribution in [0.2, 0.25) is 0 Å². The molecule has 9 heteroatoms. The Morgan fingerprint density at radius 1 is 1.29 bits per heavy atom. The molecule has 0 spiro atoms. The van der Waals surface area contributed by atoms with Crippen molar-refractivity contribution in [1.29, 1.82) is 0 Å². The third kappa shape index (κ3) is 4.68. The summed E-state index contributed by atoms with van der Waals surface area (Å²) in [6, 6.07) is 7.00. The summed E-state index contributed by atoms with van der Waals surface area (Å²) in [4.78, 5) is 24.8. The number of esters is 1. The number of hydrogen-bond donors (Lipinski definition) is 3. The summed E-state index contributed by atoms with van der Waals surface area (Å²) in [7, 11) is 0. The number of β-amino-alcohol motifs (C(OH)–C–C–N with tert-alkyl or cyclic N) is 1. The SMILES string of the molecule is CCOC(=O)c1cccc(Nc2ncnc(N3CCN(CCO)CC3)c2N)c1. The van der Waals surface area contributed by atoms with Crippen LogP contribution in [0.5, 0.6) is 0 Å². The van der Waals surface area contributed by atoms with Crippen molar-refractivity contribution < 1.29 is 14.6 Å². The summed E-state index contributed by atoms with van der Waals surface area (Å²) in [5.74, 6) is 0.801. The molecule has 1 aromatic heterocycles. The molecule has 1 saturated heterocycles. The normalized spacial score (nSPS) is 14.7. The second-order valence-corrected chi connectivity index (χ2v) is 6.44. The van der Waals surface area contributed by atoms with E-state index in [4.69, 9.17) is 15.6 Å². The highest BCUT2D eigenvalue weighted by Gasteiger charge is 2.21. The maximum atomic E-state index is 11.9. The van der Waals surface area contributed by atoms with Crippen LogP contribution in [0.1, 0.15) is 17.3 Å². The highest BCUT2D eigenvalue weighted by molar-refractivity contribution is 5.91. The number of aromatic nitrogens is 2. The maximum absolute atomic E-state index is 11.9. The Hall–Kier alpha value is -2.91. The fourth-order valence-electron chi connectivity index (χ4n) is 3.14. The number of nitrogen functional groups attached to an aromatic ring is 1. The molecule has 9 nitrogen and oxygen atoms in total. The van der Waals surface area contributed by atoms with E-state index in [2.05, 4.69) is 25.1 Å². The number of piperazine rings is 1. The van der Waals surface area contributed by atoms with E-state index in [1.54, 1.807) is 25.1 Å². The molecule has 1 aromatic carbocycles. The van der Waals surface area contributed by atoms with Gasteiger partial charge in [-0.05, 0) is 25.1 Å². The summed E-state index contributed by atoms with van der Waals surface area (Å²) < 4.78 is 5.04. The average Bonchev–Trinajstić information content (AvgIpc) is 2.71. The molecule has 1 aliphatic rings. The Kier molecular flexibility index (Phi) is 6.62. The smallest absolute Gasteiger partial charge is 0.338 e. The quantitative estimate of drug-likeness (QED) is 0.601. The third-order valence-electron chi connectivity index (χ3n) is 4.59. The van der Waals surface area contributed by atoms with Crippen LogP contribution >= 0.6 is 0 Å². The molecule has 0 bridgehead atoms. The lowest BCUT2D eigenvalue weighted by molar-refractivity contribution is 0.0526. The van der Waals surface area contributed by atoms with Gasteiger partial charge in [-0.2, -0.15) is 0 Å². The molecular weight excluding hydrogens is 360 g/mol. The minimum atomic E-state index is -0.372. The number of anilines is 4.